The Morgan fingerprint density at radius 2 is 2.05 bits per heavy atom. The summed E-state index contributed by atoms with van der Waals surface area (Å²) in [4.78, 5) is 0. The minimum Gasteiger partial charge on any atom is -0.426 e. The molecule has 0 amide bonds. The van der Waals surface area contributed by atoms with Crippen molar-refractivity contribution >= 4 is 18.7 Å². The lowest BCUT2D eigenvalue weighted by atomic mass is 9.40. The average molecular weight is 289 g/mol. The van der Waals surface area contributed by atoms with Crippen LogP contribution in [0.3, 0.4) is 0 Å². The van der Waals surface area contributed by atoms with Crippen LogP contribution >= 0.6 is 11.6 Å². The van der Waals surface area contributed by atoms with Gasteiger partial charge in [-0.2, -0.15) is 0 Å². The number of hydrogen-bond acceptors (Lipinski definition) is 3. The molecule has 3 fully saturated rings. The summed E-state index contributed by atoms with van der Waals surface area (Å²) in [5.74, 6) is 0.569. The first-order chi connectivity index (χ1) is 8.68. The molecular formula is C14H26BClO3. The molecule has 3 aliphatic rings. The van der Waals surface area contributed by atoms with Crippen LogP contribution < -0.4 is 0 Å². The van der Waals surface area contributed by atoms with Crippen LogP contribution in [0.4, 0.5) is 0 Å². The smallest absolute Gasteiger partial charge is 0.426 e. The Bertz CT molecular complexity index is 338. The fourth-order valence-corrected chi connectivity index (χ4v) is 4.39. The molecule has 2 N–H and O–H groups in total. The minimum atomic E-state index is -1.01. The summed E-state index contributed by atoms with van der Waals surface area (Å²) in [5.41, 5.74) is -1.67. The molecule has 3 saturated carbocycles. The van der Waals surface area contributed by atoms with Gasteiger partial charge in [0.25, 0.3) is 0 Å². The second kappa shape index (κ2) is 4.90. The molecule has 3 aliphatic carbocycles. The van der Waals surface area contributed by atoms with E-state index in [2.05, 4.69) is 13.8 Å². The average Bonchev–Trinajstić information content (AvgIpc) is 2.30. The van der Waals surface area contributed by atoms with Crippen molar-refractivity contribution in [2.75, 3.05) is 0 Å². The van der Waals surface area contributed by atoms with E-state index in [1.54, 1.807) is 0 Å². The summed E-state index contributed by atoms with van der Waals surface area (Å²) in [6.07, 6.45) is 4.20. The van der Waals surface area contributed by atoms with Crippen LogP contribution in [-0.2, 0) is 4.65 Å². The zero-order chi connectivity index (χ0) is 14.5. The van der Waals surface area contributed by atoms with Crippen LogP contribution in [0.15, 0.2) is 0 Å². The van der Waals surface area contributed by atoms with E-state index < -0.39 is 23.6 Å². The molecule has 0 spiro atoms. The van der Waals surface area contributed by atoms with Crippen LogP contribution in [-0.4, -0.2) is 33.7 Å². The van der Waals surface area contributed by atoms with Gasteiger partial charge < -0.3 is 14.8 Å². The summed E-state index contributed by atoms with van der Waals surface area (Å²) in [7, 11) is -1.01. The number of alkyl halides is 1. The van der Waals surface area contributed by atoms with Gasteiger partial charge in [0.2, 0.25) is 0 Å². The van der Waals surface area contributed by atoms with Gasteiger partial charge in [-0.1, -0.05) is 27.2 Å². The molecule has 5 heteroatoms. The highest BCUT2D eigenvalue weighted by Gasteiger charge is 2.71. The third-order valence-corrected chi connectivity index (χ3v) is 6.07. The molecule has 0 aromatic rings. The fraction of sp³-hybridized carbons (Fsp3) is 1.00. The Hall–Kier alpha value is 0.235. The first-order valence-corrected chi connectivity index (χ1v) is 7.84. The summed E-state index contributed by atoms with van der Waals surface area (Å²) < 4.78 is 5.96. The second-order valence-corrected chi connectivity index (χ2v) is 7.64. The number of rotatable bonds is 5. The van der Waals surface area contributed by atoms with Crippen LogP contribution in [0.5, 0.6) is 0 Å². The molecule has 4 atom stereocenters. The monoisotopic (exact) mass is 288 g/mol. The molecule has 2 bridgehead atoms. The van der Waals surface area contributed by atoms with Gasteiger partial charge in [-0.3, -0.25) is 0 Å². The topological polar surface area (TPSA) is 49.7 Å². The number of fused-ring (bicyclic) bond motifs is 2. The lowest BCUT2D eigenvalue weighted by Gasteiger charge is -2.71. The van der Waals surface area contributed by atoms with Crippen molar-refractivity contribution in [3.8, 4) is 0 Å². The van der Waals surface area contributed by atoms with Gasteiger partial charge in [-0.15, -0.1) is 11.6 Å². The third kappa shape index (κ3) is 2.15. The third-order valence-electron chi connectivity index (χ3n) is 5.64. The molecule has 0 radical (unpaired) electrons. The van der Waals surface area contributed by atoms with Gasteiger partial charge in [-0.05, 0) is 43.9 Å². The van der Waals surface area contributed by atoms with Crippen molar-refractivity contribution in [2.24, 2.45) is 11.3 Å². The maximum atomic E-state index is 10.7. The Labute approximate surface area is 121 Å². The van der Waals surface area contributed by atoms with E-state index in [-0.39, 0.29) is 5.41 Å². The van der Waals surface area contributed by atoms with Gasteiger partial charge in [0.05, 0.1) is 16.5 Å². The molecule has 0 aromatic carbocycles. The van der Waals surface area contributed by atoms with E-state index in [1.165, 1.54) is 0 Å². The van der Waals surface area contributed by atoms with E-state index >= 15 is 0 Å². The van der Waals surface area contributed by atoms with Gasteiger partial charge >= 0.3 is 7.12 Å². The van der Waals surface area contributed by atoms with E-state index in [1.807, 2.05) is 13.8 Å². The number of halogens is 1. The quantitative estimate of drug-likeness (QED) is 0.604. The Kier molecular flexibility index (Phi) is 4.03. The van der Waals surface area contributed by atoms with E-state index in [4.69, 9.17) is 16.3 Å². The predicted molar refractivity (Wildman–Crippen MR) is 78.1 cm³/mol. The Balaban J connectivity index is 2.16. The number of hydrogen-bond donors (Lipinski definition) is 2. The molecule has 110 valence electrons. The zero-order valence-electron chi connectivity index (χ0n) is 12.4. The van der Waals surface area contributed by atoms with Crippen molar-refractivity contribution in [3.05, 3.63) is 0 Å². The molecule has 0 aliphatic heterocycles. The Morgan fingerprint density at radius 3 is 2.53 bits per heavy atom. The molecule has 0 heterocycles. The highest BCUT2D eigenvalue weighted by Crippen LogP contribution is 2.67. The molecule has 3 rings (SSSR count). The van der Waals surface area contributed by atoms with Crippen LogP contribution in [0.1, 0.15) is 59.8 Å². The predicted octanol–water partition coefficient (Wildman–Crippen LogP) is 2.76. The van der Waals surface area contributed by atoms with E-state index in [9.17, 15) is 10.1 Å². The summed E-state index contributed by atoms with van der Waals surface area (Å²) in [6, 6.07) is 0. The molecule has 0 aromatic heterocycles. The highest BCUT2D eigenvalue weighted by atomic mass is 35.5. The largest absolute Gasteiger partial charge is 0.473 e. The van der Waals surface area contributed by atoms with Crippen LogP contribution in [0, 0.1) is 11.3 Å². The van der Waals surface area contributed by atoms with Gasteiger partial charge in [0, 0.05) is 0 Å². The van der Waals surface area contributed by atoms with Crippen LogP contribution in [0.25, 0.3) is 0 Å². The van der Waals surface area contributed by atoms with Gasteiger partial charge in [0.15, 0.2) is 0 Å². The van der Waals surface area contributed by atoms with Gasteiger partial charge in [0.1, 0.15) is 0 Å². The summed E-state index contributed by atoms with van der Waals surface area (Å²) >= 11 is 6.16. The van der Waals surface area contributed by atoms with E-state index in [0.29, 0.717) is 12.3 Å². The fourth-order valence-electron chi connectivity index (χ4n) is 4.12. The SMILES string of the molecule is CCC[C@@H](Cl)B(O)OC12CC(CCC1(C)O)C2(C)C. The zero-order valence-corrected chi connectivity index (χ0v) is 13.2. The molecule has 3 nitrogen and oxygen atoms in total. The first-order valence-electron chi connectivity index (χ1n) is 7.40. The minimum absolute atomic E-state index is 0.113. The first kappa shape index (κ1) is 15.6. The molecule has 3 unspecified atom stereocenters. The summed E-state index contributed by atoms with van der Waals surface area (Å²) in [6.45, 7) is 8.12. The summed E-state index contributed by atoms with van der Waals surface area (Å²) in [5, 5.41) is 20.5. The standard InChI is InChI=1S/C14H26BClO3/c1-5-6-11(16)15(18)19-14-9-10(12(14,2)3)7-8-13(14,4)17/h10-11,17-18H,5-9H2,1-4H3/t10?,11-,13?,14?/m1/s1. The van der Waals surface area contributed by atoms with Gasteiger partial charge in [-0.25, -0.2) is 0 Å². The molecule has 19 heavy (non-hydrogen) atoms. The van der Waals surface area contributed by atoms with Crippen molar-refractivity contribution < 1.29 is 14.8 Å². The van der Waals surface area contributed by atoms with E-state index in [0.717, 1.165) is 25.7 Å². The maximum absolute atomic E-state index is 10.7. The molecular weight excluding hydrogens is 262 g/mol. The lowest BCUT2D eigenvalue weighted by molar-refractivity contribution is -0.304. The van der Waals surface area contributed by atoms with Crippen molar-refractivity contribution in [1.29, 1.82) is 0 Å². The lowest BCUT2D eigenvalue weighted by Crippen LogP contribution is -2.77. The normalized spacial score (nSPS) is 41.5. The van der Waals surface area contributed by atoms with Crippen molar-refractivity contribution in [3.63, 3.8) is 0 Å². The van der Waals surface area contributed by atoms with Crippen molar-refractivity contribution in [1.82, 2.24) is 0 Å². The van der Waals surface area contributed by atoms with Crippen LogP contribution in [0.2, 0.25) is 0 Å². The highest BCUT2D eigenvalue weighted by molar-refractivity contribution is 6.58. The number of aliphatic hydroxyl groups is 1. The maximum Gasteiger partial charge on any atom is 0.473 e. The van der Waals surface area contributed by atoms with Crippen molar-refractivity contribution in [2.45, 2.75) is 76.3 Å². The second-order valence-electron chi connectivity index (χ2n) is 7.08. The molecule has 0 saturated heterocycles. The Morgan fingerprint density at radius 1 is 1.42 bits per heavy atom.